The Kier molecular flexibility index (Phi) is 36.5. The lowest BCUT2D eigenvalue weighted by Crippen LogP contribution is -2.64. The first-order valence-corrected chi connectivity index (χ1v) is 40.9. The fourth-order valence-electron chi connectivity index (χ4n) is 14.8. The minimum atomic E-state index is -2.31. The van der Waals surface area contributed by atoms with Crippen LogP contribution in [-0.4, -0.2) is 257 Å². The molecule has 0 radical (unpaired) electrons. The van der Waals surface area contributed by atoms with Gasteiger partial charge in [0, 0.05) is 68.6 Å². The van der Waals surface area contributed by atoms with Gasteiger partial charge in [0.05, 0.1) is 24.4 Å². The summed E-state index contributed by atoms with van der Waals surface area (Å²) in [6.45, 7) is 8.00. The van der Waals surface area contributed by atoms with E-state index in [1.54, 1.807) is 61.5 Å². The maximum absolute atomic E-state index is 15.1. The van der Waals surface area contributed by atoms with Crippen molar-refractivity contribution in [3.63, 3.8) is 0 Å². The van der Waals surface area contributed by atoms with Crippen molar-refractivity contribution >= 4 is 94.2 Å². The Labute approximate surface area is 663 Å². The first-order chi connectivity index (χ1) is 53.4. The van der Waals surface area contributed by atoms with Gasteiger partial charge < -0.3 is 104 Å². The summed E-state index contributed by atoms with van der Waals surface area (Å²) in [4.78, 5) is 164. The lowest BCUT2D eigenvalue weighted by Gasteiger charge is -2.34. The molecule has 620 valence electrons. The van der Waals surface area contributed by atoms with Crippen LogP contribution in [0.25, 0.3) is 0 Å². The number of hydrogen-bond acceptors (Lipinski definition) is 21. The molecule has 5 unspecified atom stereocenters. The molecule has 4 fully saturated rings. The molecule has 0 saturated carbocycles. The van der Waals surface area contributed by atoms with Gasteiger partial charge >= 0.3 is 6.03 Å². The molecule has 0 bridgehead atoms. The first-order valence-electron chi connectivity index (χ1n) is 39.1. The highest BCUT2D eigenvalue weighted by Crippen LogP contribution is 2.29. The van der Waals surface area contributed by atoms with Crippen molar-refractivity contribution in [2.45, 2.75) is 253 Å². The quantitative estimate of drug-likeness (QED) is 0.0368. The second kappa shape index (κ2) is 45.0. The number of phenols is 1. The molecule has 4 saturated heterocycles. The van der Waals surface area contributed by atoms with Gasteiger partial charge in [-0.3, -0.25) is 53.3 Å². The highest BCUT2D eigenvalue weighted by molar-refractivity contribution is 7.98. The van der Waals surface area contributed by atoms with Gasteiger partial charge in [-0.1, -0.05) is 120 Å². The van der Waals surface area contributed by atoms with Gasteiger partial charge in [-0.2, -0.15) is 11.8 Å². The summed E-state index contributed by atoms with van der Waals surface area (Å²) in [6, 6.07) is 4.12. The van der Waals surface area contributed by atoms with E-state index in [1.165, 1.54) is 40.9 Å². The number of carbonyl (C=O) groups excluding carboxylic acids is 11. The summed E-state index contributed by atoms with van der Waals surface area (Å²) < 4.78 is 0. The summed E-state index contributed by atoms with van der Waals surface area (Å²) in [5.41, 5.74) is 6.90. The van der Waals surface area contributed by atoms with Crippen LogP contribution in [0.2, 0.25) is 5.02 Å². The second-order valence-electron chi connectivity index (χ2n) is 30.2. The minimum absolute atomic E-state index is 0.00150. The normalized spacial score (nSPS) is 25.1. The number of nitrogens with one attached hydrogen (secondary N) is 10. The zero-order valence-corrected chi connectivity index (χ0v) is 66.3. The first kappa shape index (κ1) is 90.9. The number of nitrogens with zero attached hydrogens (tertiary/aromatic N) is 3. The summed E-state index contributed by atoms with van der Waals surface area (Å²) in [6.07, 6.45) is -4.14. The van der Waals surface area contributed by atoms with Gasteiger partial charge in [0.2, 0.25) is 59.1 Å². The fourth-order valence-corrected chi connectivity index (χ4v) is 15.4. The minimum Gasteiger partial charge on any atom is -0.508 e. The van der Waals surface area contributed by atoms with Crippen LogP contribution in [0.5, 0.6) is 5.75 Å². The van der Waals surface area contributed by atoms with Crippen LogP contribution in [0.3, 0.4) is 0 Å². The number of hydrogen-bond donors (Lipinski definition) is 18. The summed E-state index contributed by atoms with van der Waals surface area (Å²) in [7, 11) is 0. The SMILES string of the molecule is CC[C@H](C)C[C@H](C)CCCCCCCCC(=O)NC1C[C@@H](O)[C@@H](NCCNC(=O)C(Cc2ccccc2)N2C(=O)C(NC(=O)C(CCSC)NC(=O)Nc3ccc(Cl)cc3)CC2C)NC(=O)[C@@H]2CCCN2C(=O)[C@H]([C@H](O)CCN)NC(=O)[C@H]([C@H](O)[C@@H](O)c2ccc(O)cc2)NC(=O)[C@@H]2C[C@@H](O)CN2C(=O)[C@H]([C@@H](C)O)NC1=O. The lowest BCUT2D eigenvalue weighted by atomic mass is 9.91. The maximum Gasteiger partial charge on any atom is 0.319 e. The number of fused-ring (bicyclic) bond motifs is 2. The number of thioether (sulfide) groups is 1. The Balaban J connectivity index is 1.19. The molecule has 7 rings (SSSR count). The average Bonchev–Trinajstić information content (AvgIpc) is 1.63. The van der Waals surface area contributed by atoms with Gasteiger partial charge in [0.1, 0.15) is 78.5 Å². The molecule has 4 aliphatic heterocycles. The molecule has 0 aliphatic carbocycles. The predicted molar refractivity (Wildman–Crippen MR) is 420 cm³/mol. The molecule has 34 heteroatoms. The van der Waals surface area contributed by atoms with Crippen molar-refractivity contribution in [1.29, 1.82) is 0 Å². The molecule has 3 aromatic rings. The van der Waals surface area contributed by atoms with Crippen molar-refractivity contribution in [2.24, 2.45) is 17.6 Å². The van der Waals surface area contributed by atoms with Crippen molar-refractivity contribution in [3.8, 4) is 5.75 Å². The Morgan fingerprint density at radius 2 is 1.33 bits per heavy atom. The number of unbranched alkanes of at least 4 members (excludes halogenated alkanes) is 5. The molecule has 19 atom stereocenters. The van der Waals surface area contributed by atoms with Gasteiger partial charge in [-0.25, -0.2) is 4.79 Å². The number of urea groups is 1. The Morgan fingerprint density at radius 3 is 2.00 bits per heavy atom. The van der Waals surface area contributed by atoms with E-state index in [0.29, 0.717) is 46.7 Å². The van der Waals surface area contributed by atoms with Gasteiger partial charge in [-0.15, -0.1) is 0 Å². The maximum atomic E-state index is 15.1. The van der Waals surface area contributed by atoms with E-state index < -0.39 is 188 Å². The highest BCUT2D eigenvalue weighted by Gasteiger charge is 2.49. The molecule has 32 nitrogen and oxygen atoms in total. The number of halogens is 1. The van der Waals surface area contributed by atoms with Crippen LogP contribution < -0.4 is 58.9 Å². The molecule has 19 N–H and O–H groups in total. The van der Waals surface area contributed by atoms with E-state index in [9.17, 15) is 74.1 Å². The molecule has 12 amide bonds. The van der Waals surface area contributed by atoms with Crippen molar-refractivity contribution in [1.82, 2.24) is 62.6 Å². The zero-order valence-electron chi connectivity index (χ0n) is 64.8. The molecule has 3 aromatic carbocycles. The number of phenolic OH excluding ortho intramolecular Hbond substituents is 1. The molecule has 4 heterocycles. The topological polar surface area (TPSA) is 485 Å². The van der Waals surface area contributed by atoms with Gasteiger partial charge in [-0.05, 0) is 137 Å². The van der Waals surface area contributed by atoms with E-state index in [1.807, 2.05) is 6.26 Å². The van der Waals surface area contributed by atoms with Gasteiger partial charge in [0.15, 0.2) is 0 Å². The van der Waals surface area contributed by atoms with Crippen LogP contribution in [0.15, 0.2) is 78.9 Å². The fraction of sp³-hybridized carbons (Fsp3) is 0.628. The number of nitrogens with two attached hydrogens (primary N) is 1. The molecular formula is C78H117ClN14O18S. The average molecular weight is 1610 g/mol. The third-order valence-electron chi connectivity index (χ3n) is 21.3. The molecule has 112 heavy (non-hydrogen) atoms. The van der Waals surface area contributed by atoms with Crippen molar-refractivity contribution in [3.05, 3.63) is 95.0 Å². The number of benzene rings is 3. The van der Waals surface area contributed by atoms with E-state index in [-0.39, 0.29) is 82.4 Å². The van der Waals surface area contributed by atoms with Crippen LogP contribution >= 0.6 is 23.4 Å². The van der Waals surface area contributed by atoms with Gasteiger partial charge in [0.25, 0.3) is 0 Å². The number of likely N-dealkylation sites (tertiary alicyclic amines) is 1. The van der Waals surface area contributed by atoms with Crippen molar-refractivity contribution in [2.75, 3.05) is 50.0 Å². The van der Waals surface area contributed by atoms with Crippen LogP contribution in [0.1, 0.15) is 161 Å². The number of carbonyl (C=O) groups is 11. The number of rotatable bonds is 35. The number of aromatic hydroxyl groups is 1. The Morgan fingerprint density at radius 1 is 0.679 bits per heavy atom. The standard InChI is InChI=1S/C78H117ClN14O18S/c1-7-44(2)38-45(3)18-13-10-8-9-11-16-22-62(99)84-55-42-61(98)68(81-34-35-82-71(104)59(40-48-19-14-12-15-20-48)93-46(4)39-56(75(93)108)85-69(102)54(32-37-112-6)86-78(111)83-51-27-25-50(79)26-28-51)90-72(105)57-21-17-36-91(57)77(110)64(60(97)31-33-80)88-74(107)65(67(101)66(100)49-23-29-52(95)30-24-49)89-73(106)58-41-53(96)43-92(58)76(109)63(47(5)94)87-70(55)103/h12,14-15,19-20,23-30,44-47,53-61,63-68,81,94-98,100-101H,7-11,13,16-18,21-22,31-43,80H2,1-6H3,(H,82,104)(H,84,99)(H,85,102)(H,87,103)(H,88,107)(H,89,106)(H,90,105)(H2,83,86,111)/t44-,45+,46?,47+,53+,54?,55?,56?,57-,58-,59?,60+,61+,63-,64-,65-,66-,67-,68-/m0/s1. The monoisotopic (exact) mass is 1600 g/mol. The number of aliphatic hydroxyl groups is 6. The van der Waals surface area contributed by atoms with E-state index >= 15 is 14.4 Å². The number of aliphatic hydroxyl groups excluding tert-OH is 6. The third-order valence-corrected chi connectivity index (χ3v) is 22.2. The summed E-state index contributed by atoms with van der Waals surface area (Å²) in [5.74, 6) is -7.92. The summed E-state index contributed by atoms with van der Waals surface area (Å²) >= 11 is 7.48. The number of anilines is 1. The lowest BCUT2D eigenvalue weighted by molar-refractivity contribution is -0.147. The largest absolute Gasteiger partial charge is 0.508 e. The Bertz CT molecular complexity index is 3600. The van der Waals surface area contributed by atoms with Crippen LogP contribution in [0, 0.1) is 11.8 Å². The van der Waals surface area contributed by atoms with Crippen LogP contribution in [-0.2, 0) is 54.4 Å². The summed E-state index contributed by atoms with van der Waals surface area (Å²) in [5, 5.41) is 108. The van der Waals surface area contributed by atoms with E-state index in [0.717, 1.165) is 61.7 Å². The van der Waals surface area contributed by atoms with Crippen molar-refractivity contribution < 1.29 is 88.5 Å². The second-order valence-corrected chi connectivity index (χ2v) is 31.6. The third kappa shape index (κ3) is 26.7. The smallest absolute Gasteiger partial charge is 0.319 e. The van der Waals surface area contributed by atoms with Crippen LogP contribution in [0.4, 0.5) is 10.5 Å². The molecular weight excluding hydrogens is 1490 g/mol. The molecule has 0 aromatic heterocycles. The zero-order chi connectivity index (χ0) is 81.9. The molecule has 4 aliphatic rings. The number of amides is 12. The predicted octanol–water partition coefficient (Wildman–Crippen LogP) is 1.19. The van der Waals surface area contributed by atoms with E-state index in [2.05, 4.69) is 73.9 Å². The highest BCUT2D eigenvalue weighted by atomic mass is 35.5. The molecule has 0 spiro atoms. The van der Waals surface area contributed by atoms with E-state index in [4.69, 9.17) is 17.3 Å². The Hall–Kier alpha value is -8.25.